The van der Waals surface area contributed by atoms with Gasteiger partial charge in [0.05, 0.1) is 6.10 Å². The summed E-state index contributed by atoms with van der Waals surface area (Å²) in [5.41, 5.74) is 5.72. The van der Waals surface area contributed by atoms with E-state index in [2.05, 4.69) is 11.8 Å². The van der Waals surface area contributed by atoms with Crippen LogP contribution in [0.25, 0.3) is 0 Å². The topological polar surface area (TPSA) is 38.5 Å². The Hall–Kier alpha value is -0.120. The van der Waals surface area contributed by atoms with E-state index in [1.54, 1.807) is 0 Å². The van der Waals surface area contributed by atoms with Gasteiger partial charge in [-0.15, -0.1) is 0 Å². The van der Waals surface area contributed by atoms with Crippen LogP contribution in [0.4, 0.5) is 0 Å². The fourth-order valence-electron chi connectivity index (χ4n) is 2.83. The van der Waals surface area contributed by atoms with Crippen LogP contribution in [0.2, 0.25) is 0 Å². The van der Waals surface area contributed by atoms with Crippen LogP contribution < -0.4 is 5.73 Å². The van der Waals surface area contributed by atoms with Crippen molar-refractivity contribution >= 4 is 0 Å². The highest BCUT2D eigenvalue weighted by Gasteiger charge is 2.21. The first-order valence-corrected chi connectivity index (χ1v) is 7.37. The van der Waals surface area contributed by atoms with Crippen molar-refractivity contribution in [2.75, 3.05) is 26.2 Å². The van der Waals surface area contributed by atoms with Gasteiger partial charge < -0.3 is 15.4 Å². The van der Waals surface area contributed by atoms with E-state index in [1.807, 2.05) is 6.92 Å². The van der Waals surface area contributed by atoms with Crippen molar-refractivity contribution in [2.24, 2.45) is 5.73 Å². The summed E-state index contributed by atoms with van der Waals surface area (Å²) in [7, 11) is 0. The molecule has 2 N–H and O–H groups in total. The second kappa shape index (κ2) is 8.90. The van der Waals surface area contributed by atoms with Gasteiger partial charge in [0, 0.05) is 25.7 Å². The molecule has 0 aliphatic carbocycles. The first kappa shape index (κ1) is 14.9. The number of ether oxygens (including phenoxy) is 1. The molecule has 1 fully saturated rings. The van der Waals surface area contributed by atoms with Crippen molar-refractivity contribution in [1.82, 2.24) is 4.90 Å². The van der Waals surface area contributed by atoms with Gasteiger partial charge >= 0.3 is 0 Å². The Morgan fingerprint density at radius 2 is 2.18 bits per heavy atom. The van der Waals surface area contributed by atoms with Gasteiger partial charge in [0.15, 0.2) is 0 Å². The molecule has 1 aliphatic heterocycles. The maximum absolute atomic E-state index is 5.72. The fraction of sp³-hybridized carbons (Fsp3) is 1.00. The Morgan fingerprint density at radius 1 is 1.35 bits per heavy atom. The van der Waals surface area contributed by atoms with Gasteiger partial charge in [-0.3, -0.25) is 0 Å². The largest absolute Gasteiger partial charge is 0.377 e. The summed E-state index contributed by atoms with van der Waals surface area (Å²) in [6.07, 6.45) is 8.15. The third kappa shape index (κ3) is 5.36. The van der Waals surface area contributed by atoms with Crippen molar-refractivity contribution in [1.29, 1.82) is 0 Å². The van der Waals surface area contributed by atoms with Crippen molar-refractivity contribution in [3.05, 3.63) is 0 Å². The zero-order valence-electron chi connectivity index (χ0n) is 11.7. The molecule has 0 spiro atoms. The van der Waals surface area contributed by atoms with Gasteiger partial charge in [-0.1, -0.05) is 19.8 Å². The number of likely N-dealkylation sites (tertiary alicyclic amines) is 1. The molecule has 0 aromatic carbocycles. The van der Waals surface area contributed by atoms with Gasteiger partial charge in [-0.25, -0.2) is 0 Å². The Labute approximate surface area is 107 Å². The molecule has 0 amide bonds. The van der Waals surface area contributed by atoms with Crippen molar-refractivity contribution < 1.29 is 4.74 Å². The zero-order valence-corrected chi connectivity index (χ0v) is 11.7. The number of nitrogens with zero attached hydrogens (tertiary/aromatic N) is 1. The minimum atomic E-state index is 0.254. The first-order chi connectivity index (χ1) is 8.31. The highest BCUT2D eigenvalue weighted by molar-refractivity contribution is 4.77. The van der Waals surface area contributed by atoms with E-state index in [4.69, 9.17) is 10.5 Å². The molecule has 0 aromatic rings. The Bertz CT molecular complexity index is 185. The fourth-order valence-corrected chi connectivity index (χ4v) is 2.83. The second-order valence-corrected chi connectivity index (χ2v) is 5.08. The van der Waals surface area contributed by atoms with Crippen LogP contribution in [0.5, 0.6) is 0 Å². The first-order valence-electron chi connectivity index (χ1n) is 7.37. The maximum atomic E-state index is 5.72. The molecule has 1 saturated heterocycles. The summed E-state index contributed by atoms with van der Waals surface area (Å²) in [5.74, 6) is 0. The van der Waals surface area contributed by atoms with Crippen LogP contribution in [-0.2, 0) is 4.74 Å². The van der Waals surface area contributed by atoms with Gasteiger partial charge in [-0.05, 0) is 39.2 Å². The van der Waals surface area contributed by atoms with E-state index in [-0.39, 0.29) is 6.10 Å². The van der Waals surface area contributed by atoms with Gasteiger partial charge in [0.2, 0.25) is 0 Å². The lowest BCUT2D eigenvalue weighted by Crippen LogP contribution is -2.41. The summed E-state index contributed by atoms with van der Waals surface area (Å²) < 4.78 is 5.63. The molecule has 1 aliphatic rings. The third-order valence-electron chi connectivity index (χ3n) is 3.77. The van der Waals surface area contributed by atoms with Gasteiger partial charge in [-0.2, -0.15) is 0 Å². The van der Waals surface area contributed by atoms with Crippen LogP contribution in [-0.4, -0.2) is 43.3 Å². The highest BCUT2D eigenvalue weighted by atomic mass is 16.5. The van der Waals surface area contributed by atoms with Crippen LogP contribution in [0.15, 0.2) is 0 Å². The smallest absolute Gasteiger partial charge is 0.0709 e. The van der Waals surface area contributed by atoms with Gasteiger partial charge in [0.25, 0.3) is 0 Å². The summed E-state index contributed by atoms with van der Waals surface area (Å²) >= 11 is 0. The minimum Gasteiger partial charge on any atom is -0.377 e. The van der Waals surface area contributed by atoms with Crippen LogP contribution in [0.3, 0.4) is 0 Å². The molecule has 2 atom stereocenters. The SMILES string of the molecule is CCCC1CCCCN1CCC(CN)OCC. The molecule has 1 heterocycles. The molecule has 2 unspecified atom stereocenters. The number of hydrogen-bond acceptors (Lipinski definition) is 3. The second-order valence-electron chi connectivity index (χ2n) is 5.08. The number of hydrogen-bond donors (Lipinski definition) is 1. The molecule has 102 valence electrons. The molecule has 17 heavy (non-hydrogen) atoms. The average molecular weight is 242 g/mol. The summed E-state index contributed by atoms with van der Waals surface area (Å²) in [4.78, 5) is 2.66. The van der Waals surface area contributed by atoms with Crippen LogP contribution in [0, 0.1) is 0 Å². The summed E-state index contributed by atoms with van der Waals surface area (Å²) in [6, 6.07) is 0.814. The zero-order chi connectivity index (χ0) is 12.5. The van der Waals surface area contributed by atoms with E-state index in [0.717, 1.165) is 25.6 Å². The summed E-state index contributed by atoms with van der Waals surface area (Å²) in [6.45, 7) is 8.19. The standard InChI is InChI=1S/C14H30N2O/c1-3-7-13-8-5-6-10-16(13)11-9-14(12-15)17-4-2/h13-14H,3-12,15H2,1-2H3. The lowest BCUT2D eigenvalue weighted by molar-refractivity contribution is 0.0439. The molecule has 1 rings (SSSR count). The van der Waals surface area contributed by atoms with E-state index in [0.29, 0.717) is 6.54 Å². The minimum absolute atomic E-state index is 0.254. The Morgan fingerprint density at radius 3 is 2.82 bits per heavy atom. The lowest BCUT2D eigenvalue weighted by atomic mass is 9.98. The molecular formula is C14H30N2O. The van der Waals surface area contributed by atoms with E-state index < -0.39 is 0 Å². The lowest BCUT2D eigenvalue weighted by Gasteiger charge is -2.36. The monoisotopic (exact) mass is 242 g/mol. The normalized spacial score (nSPS) is 23.8. The molecular weight excluding hydrogens is 212 g/mol. The number of piperidine rings is 1. The van der Waals surface area contributed by atoms with E-state index >= 15 is 0 Å². The van der Waals surface area contributed by atoms with Crippen molar-refractivity contribution in [3.8, 4) is 0 Å². The van der Waals surface area contributed by atoms with Crippen molar-refractivity contribution in [3.63, 3.8) is 0 Å². The highest BCUT2D eigenvalue weighted by Crippen LogP contribution is 2.21. The van der Waals surface area contributed by atoms with E-state index in [1.165, 1.54) is 38.6 Å². The quantitative estimate of drug-likeness (QED) is 0.710. The summed E-state index contributed by atoms with van der Waals surface area (Å²) in [5, 5.41) is 0. The van der Waals surface area contributed by atoms with E-state index in [9.17, 15) is 0 Å². The number of rotatable bonds is 8. The average Bonchev–Trinajstić information content (AvgIpc) is 2.36. The predicted octanol–water partition coefficient (Wildman–Crippen LogP) is 2.39. The third-order valence-corrected chi connectivity index (χ3v) is 3.77. The van der Waals surface area contributed by atoms with Crippen LogP contribution >= 0.6 is 0 Å². The van der Waals surface area contributed by atoms with Crippen molar-refractivity contribution in [2.45, 2.75) is 64.5 Å². The number of nitrogens with two attached hydrogens (primary N) is 1. The molecule has 0 saturated carbocycles. The molecule has 3 heteroatoms. The predicted molar refractivity (Wildman–Crippen MR) is 73.2 cm³/mol. The van der Waals surface area contributed by atoms with Gasteiger partial charge in [0.1, 0.15) is 0 Å². The van der Waals surface area contributed by atoms with Crippen LogP contribution in [0.1, 0.15) is 52.4 Å². The Kier molecular flexibility index (Phi) is 7.82. The molecule has 0 aromatic heterocycles. The molecule has 3 nitrogen and oxygen atoms in total. The molecule has 0 radical (unpaired) electrons. The Balaban J connectivity index is 2.31. The molecule has 0 bridgehead atoms. The maximum Gasteiger partial charge on any atom is 0.0709 e.